The second-order valence-corrected chi connectivity index (χ2v) is 6.78. The molecule has 2 aromatic carbocycles. The van der Waals surface area contributed by atoms with Gasteiger partial charge >= 0.3 is 5.97 Å². The van der Waals surface area contributed by atoms with E-state index >= 15 is 0 Å². The van der Waals surface area contributed by atoms with Crippen LogP contribution in [0.2, 0.25) is 0 Å². The molecule has 0 spiro atoms. The third-order valence-corrected chi connectivity index (χ3v) is 5.07. The largest absolute Gasteiger partial charge is 0.497 e. The van der Waals surface area contributed by atoms with Gasteiger partial charge in [-0.1, -0.05) is 6.07 Å². The first-order chi connectivity index (χ1) is 13.9. The number of methoxy groups -OCH3 is 3. The van der Waals surface area contributed by atoms with Gasteiger partial charge in [-0.2, -0.15) is 0 Å². The van der Waals surface area contributed by atoms with Gasteiger partial charge in [-0.3, -0.25) is 9.59 Å². The fourth-order valence-corrected chi connectivity index (χ4v) is 3.68. The van der Waals surface area contributed by atoms with Crippen molar-refractivity contribution >= 4 is 40.6 Å². The van der Waals surface area contributed by atoms with Gasteiger partial charge in [0.05, 0.1) is 31.9 Å². The van der Waals surface area contributed by atoms with Crippen molar-refractivity contribution in [1.29, 1.82) is 0 Å². The maximum absolute atomic E-state index is 12.8. The Kier molecular flexibility index (Phi) is 5.79. The smallest absolute Gasteiger partial charge is 0.340 e. The second kappa shape index (κ2) is 8.27. The van der Waals surface area contributed by atoms with Crippen LogP contribution in [0.3, 0.4) is 0 Å². The zero-order chi connectivity index (χ0) is 21.1. The lowest BCUT2D eigenvalue weighted by atomic mass is 10.0. The predicted molar refractivity (Wildman–Crippen MR) is 108 cm³/mol. The summed E-state index contributed by atoms with van der Waals surface area (Å²) in [4.78, 5) is 38.1. The average molecular weight is 415 g/mol. The average Bonchev–Trinajstić information content (AvgIpc) is 3.00. The van der Waals surface area contributed by atoms with E-state index < -0.39 is 17.1 Å². The van der Waals surface area contributed by atoms with Crippen LogP contribution in [0.25, 0.3) is 6.08 Å². The number of anilines is 1. The summed E-state index contributed by atoms with van der Waals surface area (Å²) in [6, 6.07) is 9.49. The van der Waals surface area contributed by atoms with Crippen molar-refractivity contribution in [1.82, 2.24) is 0 Å². The molecule has 29 heavy (non-hydrogen) atoms. The van der Waals surface area contributed by atoms with E-state index in [9.17, 15) is 19.5 Å². The number of carboxylic acids is 1. The summed E-state index contributed by atoms with van der Waals surface area (Å²) in [5.74, 6) is -0.929. The molecule has 0 unspecified atom stereocenters. The topological polar surface area (TPSA) is 102 Å². The number of imide groups is 1. The van der Waals surface area contributed by atoms with Crippen LogP contribution in [0.5, 0.6) is 17.2 Å². The van der Waals surface area contributed by atoms with Crippen molar-refractivity contribution in [2.75, 3.05) is 26.2 Å². The highest BCUT2D eigenvalue weighted by Gasteiger charge is 2.36. The number of thioether (sulfide) groups is 1. The molecular weight excluding hydrogens is 398 g/mol. The number of rotatable bonds is 6. The van der Waals surface area contributed by atoms with E-state index in [0.717, 1.165) is 16.7 Å². The van der Waals surface area contributed by atoms with E-state index in [1.54, 1.807) is 24.3 Å². The summed E-state index contributed by atoms with van der Waals surface area (Å²) < 4.78 is 15.4. The molecule has 1 saturated heterocycles. The van der Waals surface area contributed by atoms with E-state index in [1.165, 1.54) is 39.5 Å². The van der Waals surface area contributed by atoms with E-state index in [1.807, 2.05) is 0 Å². The molecule has 1 heterocycles. The predicted octanol–water partition coefficient (Wildman–Crippen LogP) is 3.65. The first-order valence-electron chi connectivity index (χ1n) is 8.31. The minimum atomic E-state index is -1.25. The summed E-state index contributed by atoms with van der Waals surface area (Å²) in [6.07, 6.45) is 1.36. The fourth-order valence-electron chi connectivity index (χ4n) is 2.85. The van der Waals surface area contributed by atoms with Gasteiger partial charge in [-0.15, -0.1) is 0 Å². The molecule has 0 bridgehead atoms. The number of amides is 2. The van der Waals surface area contributed by atoms with Crippen LogP contribution in [0.4, 0.5) is 10.5 Å². The molecule has 1 N–H and O–H groups in total. The Hall–Kier alpha value is -3.46. The normalized spacial score (nSPS) is 15.0. The van der Waals surface area contributed by atoms with E-state index in [-0.39, 0.29) is 27.5 Å². The monoisotopic (exact) mass is 415 g/mol. The highest BCUT2D eigenvalue weighted by atomic mass is 32.2. The summed E-state index contributed by atoms with van der Waals surface area (Å²) in [7, 11) is 4.23. The van der Waals surface area contributed by atoms with Crippen molar-refractivity contribution in [3.8, 4) is 17.2 Å². The first kappa shape index (κ1) is 20.3. The van der Waals surface area contributed by atoms with E-state index in [2.05, 4.69) is 0 Å². The lowest BCUT2D eigenvalue weighted by Gasteiger charge is -2.13. The van der Waals surface area contributed by atoms with Crippen molar-refractivity contribution in [3.05, 3.63) is 52.4 Å². The van der Waals surface area contributed by atoms with Crippen molar-refractivity contribution < 1.29 is 33.7 Å². The lowest BCUT2D eigenvalue weighted by molar-refractivity contribution is -0.113. The Bertz CT molecular complexity index is 1010. The van der Waals surface area contributed by atoms with Crippen LogP contribution in [0.15, 0.2) is 41.3 Å². The molecule has 1 aliphatic heterocycles. The zero-order valence-electron chi connectivity index (χ0n) is 15.8. The first-order valence-corrected chi connectivity index (χ1v) is 9.13. The maximum Gasteiger partial charge on any atom is 0.340 e. The summed E-state index contributed by atoms with van der Waals surface area (Å²) in [5, 5.41) is 9.14. The standard InChI is InChI=1S/C20H17NO7S/c1-26-13-7-5-12(6-8-13)21-18(22)15(29-20(21)25)10-11-4-9-14(27-2)17(28-3)16(11)19(23)24/h4-10H,1-3H3,(H,23,24)/b15-10+. The molecule has 0 atom stereocenters. The Morgan fingerprint density at radius 1 is 1.00 bits per heavy atom. The van der Waals surface area contributed by atoms with Crippen molar-refractivity contribution in [2.24, 2.45) is 0 Å². The number of carboxylic acid groups (broad SMARTS) is 1. The van der Waals surface area contributed by atoms with Crippen molar-refractivity contribution in [2.45, 2.75) is 0 Å². The van der Waals surface area contributed by atoms with Crippen LogP contribution in [-0.4, -0.2) is 43.6 Å². The van der Waals surface area contributed by atoms with Gasteiger partial charge in [0, 0.05) is 0 Å². The molecule has 8 nitrogen and oxygen atoms in total. The molecule has 0 radical (unpaired) electrons. The van der Waals surface area contributed by atoms with Gasteiger partial charge in [-0.05, 0) is 53.7 Å². The van der Waals surface area contributed by atoms with Crippen LogP contribution in [0.1, 0.15) is 15.9 Å². The van der Waals surface area contributed by atoms with Gasteiger partial charge in [0.15, 0.2) is 11.5 Å². The summed E-state index contributed by atoms with van der Waals surface area (Å²) in [6.45, 7) is 0. The SMILES string of the molecule is COc1ccc(N2C(=O)S/C(=C/c3ccc(OC)c(OC)c3C(=O)O)C2=O)cc1. The second-order valence-electron chi connectivity index (χ2n) is 5.79. The Labute approximate surface area is 170 Å². The maximum atomic E-state index is 12.8. The Morgan fingerprint density at radius 2 is 1.69 bits per heavy atom. The highest BCUT2D eigenvalue weighted by molar-refractivity contribution is 8.19. The van der Waals surface area contributed by atoms with E-state index in [0.29, 0.717) is 11.4 Å². The number of aromatic carboxylic acids is 1. The summed E-state index contributed by atoms with van der Waals surface area (Å²) in [5.41, 5.74) is 0.445. The zero-order valence-corrected chi connectivity index (χ0v) is 16.6. The minimum absolute atomic E-state index is 0.0307. The molecule has 0 aromatic heterocycles. The van der Waals surface area contributed by atoms with Crippen LogP contribution in [0, 0.1) is 0 Å². The highest BCUT2D eigenvalue weighted by Crippen LogP contribution is 2.39. The third-order valence-electron chi connectivity index (χ3n) is 4.20. The molecule has 150 valence electrons. The molecule has 3 rings (SSSR count). The Balaban J connectivity index is 2.02. The molecular formula is C20H17NO7S. The van der Waals surface area contributed by atoms with Gasteiger partial charge in [0.1, 0.15) is 11.3 Å². The molecule has 2 amide bonds. The quantitative estimate of drug-likeness (QED) is 0.714. The number of hydrogen-bond donors (Lipinski definition) is 1. The number of carbonyl (C=O) groups excluding carboxylic acids is 2. The number of nitrogens with zero attached hydrogens (tertiary/aromatic N) is 1. The molecule has 0 aliphatic carbocycles. The van der Waals surface area contributed by atoms with Gasteiger partial charge in [0.2, 0.25) is 0 Å². The molecule has 9 heteroatoms. The molecule has 0 saturated carbocycles. The molecule has 1 aliphatic rings. The summed E-state index contributed by atoms with van der Waals surface area (Å²) >= 11 is 0.728. The molecule has 2 aromatic rings. The number of hydrogen-bond acceptors (Lipinski definition) is 7. The van der Waals surface area contributed by atoms with Crippen LogP contribution < -0.4 is 19.1 Å². The van der Waals surface area contributed by atoms with Crippen LogP contribution >= 0.6 is 11.8 Å². The van der Waals surface area contributed by atoms with Gasteiger partial charge in [-0.25, -0.2) is 9.69 Å². The Morgan fingerprint density at radius 3 is 2.24 bits per heavy atom. The van der Waals surface area contributed by atoms with Crippen molar-refractivity contribution in [3.63, 3.8) is 0 Å². The third kappa shape index (κ3) is 3.77. The number of ether oxygens (including phenoxy) is 3. The van der Waals surface area contributed by atoms with E-state index in [4.69, 9.17) is 14.2 Å². The number of benzene rings is 2. The molecule has 1 fully saturated rings. The van der Waals surface area contributed by atoms with Gasteiger partial charge < -0.3 is 19.3 Å². The van der Waals surface area contributed by atoms with Gasteiger partial charge in [0.25, 0.3) is 11.1 Å². The lowest BCUT2D eigenvalue weighted by Crippen LogP contribution is -2.27. The minimum Gasteiger partial charge on any atom is -0.497 e. The number of carbonyl (C=O) groups is 3. The fraction of sp³-hybridized carbons (Fsp3) is 0.150. The van der Waals surface area contributed by atoms with Crippen LogP contribution in [-0.2, 0) is 4.79 Å².